The highest BCUT2D eigenvalue weighted by atomic mass is 16.9. The summed E-state index contributed by atoms with van der Waals surface area (Å²) in [6.45, 7) is 0.791. The van der Waals surface area contributed by atoms with Crippen molar-refractivity contribution in [1.29, 1.82) is 0 Å². The van der Waals surface area contributed by atoms with Gasteiger partial charge in [-0.15, -0.1) is 0 Å². The molecule has 1 saturated carbocycles. The lowest BCUT2D eigenvalue weighted by atomic mass is 9.95. The zero-order valence-corrected chi connectivity index (χ0v) is 9.24. The molecule has 3 aliphatic rings. The van der Waals surface area contributed by atoms with Crippen molar-refractivity contribution in [3.8, 4) is 0 Å². The van der Waals surface area contributed by atoms with Gasteiger partial charge in [0, 0.05) is 6.42 Å². The maximum atomic E-state index is 6.03. The van der Waals surface area contributed by atoms with E-state index in [-0.39, 0.29) is 0 Å². The number of hydrogen-bond donors (Lipinski definition) is 0. The number of hydrogen-bond acceptors (Lipinski definition) is 3. The Labute approximate surface area is 91.1 Å². The quantitative estimate of drug-likeness (QED) is 0.617. The molecule has 0 aromatic heterocycles. The zero-order valence-electron chi connectivity index (χ0n) is 9.24. The second-order valence-electron chi connectivity index (χ2n) is 4.94. The van der Waals surface area contributed by atoms with Gasteiger partial charge in [-0.25, -0.2) is 0 Å². The molecule has 0 bridgehead atoms. The Morgan fingerprint density at radius 1 is 0.800 bits per heavy atom. The fourth-order valence-electron chi connectivity index (χ4n) is 2.93. The Morgan fingerprint density at radius 2 is 1.53 bits per heavy atom. The second kappa shape index (κ2) is 4.04. The predicted octanol–water partition coefficient (Wildman–Crippen LogP) is 2.59. The first-order valence-electron chi connectivity index (χ1n) is 6.38. The maximum absolute atomic E-state index is 6.03. The first-order valence-corrected chi connectivity index (χ1v) is 6.38. The fourth-order valence-corrected chi connectivity index (χ4v) is 2.93. The van der Waals surface area contributed by atoms with Crippen LogP contribution < -0.4 is 0 Å². The minimum absolute atomic E-state index is 0.303. The van der Waals surface area contributed by atoms with Crippen LogP contribution >= 0.6 is 0 Å². The van der Waals surface area contributed by atoms with E-state index in [2.05, 4.69) is 0 Å². The molecule has 3 heteroatoms. The molecule has 3 fully saturated rings. The van der Waals surface area contributed by atoms with Crippen LogP contribution in [0, 0.1) is 0 Å². The van der Waals surface area contributed by atoms with Crippen molar-refractivity contribution in [1.82, 2.24) is 0 Å². The Morgan fingerprint density at radius 3 is 2.27 bits per heavy atom. The number of ether oxygens (including phenoxy) is 3. The SMILES string of the molecule is C1CCOC2(CC1)O[C@H]1CCCC[C@H]1O2. The summed E-state index contributed by atoms with van der Waals surface area (Å²) in [6.07, 6.45) is 9.92. The van der Waals surface area contributed by atoms with E-state index in [0.717, 1.165) is 32.3 Å². The van der Waals surface area contributed by atoms with E-state index in [1.807, 2.05) is 0 Å². The molecule has 2 aliphatic heterocycles. The van der Waals surface area contributed by atoms with Gasteiger partial charge < -0.3 is 14.2 Å². The van der Waals surface area contributed by atoms with E-state index in [1.54, 1.807) is 0 Å². The lowest BCUT2D eigenvalue weighted by Crippen LogP contribution is -2.34. The third kappa shape index (κ3) is 1.93. The molecule has 3 atom stereocenters. The lowest BCUT2D eigenvalue weighted by molar-refractivity contribution is -0.340. The summed E-state index contributed by atoms with van der Waals surface area (Å²) >= 11 is 0. The second-order valence-corrected chi connectivity index (χ2v) is 4.94. The van der Waals surface area contributed by atoms with E-state index in [9.17, 15) is 0 Å². The van der Waals surface area contributed by atoms with Crippen molar-refractivity contribution in [3.05, 3.63) is 0 Å². The molecule has 2 saturated heterocycles. The predicted molar refractivity (Wildman–Crippen MR) is 55.4 cm³/mol. The molecule has 0 aromatic carbocycles. The van der Waals surface area contributed by atoms with Gasteiger partial charge in [0.15, 0.2) is 0 Å². The molecule has 15 heavy (non-hydrogen) atoms. The van der Waals surface area contributed by atoms with Crippen molar-refractivity contribution >= 4 is 0 Å². The molecule has 3 nitrogen and oxygen atoms in total. The highest BCUT2D eigenvalue weighted by Gasteiger charge is 2.49. The van der Waals surface area contributed by atoms with Crippen molar-refractivity contribution < 1.29 is 14.2 Å². The van der Waals surface area contributed by atoms with Gasteiger partial charge in [0.25, 0.3) is 5.97 Å². The van der Waals surface area contributed by atoms with E-state index < -0.39 is 5.97 Å². The van der Waals surface area contributed by atoms with Gasteiger partial charge in [-0.3, -0.25) is 0 Å². The monoisotopic (exact) mass is 212 g/mol. The summed E-state index contributed by atoms with van der Waals surface area (Å²) in [4.78, 5) is 0. The number of fused-ring (bicyclic) bond motifs is 1. The summed E-state index contributed by atoms with van der Waals surface area (Å²) in [7, 11) is 0. The van der Waals surface area contributed by atoms with Gasteiger partial charge in [0.05, 0.1) is 18.8 Å². The molecular weight excluding hydrogens is 192 g/mol. The van der Waals surface area contributed by atoms with Crippen molar-refractivity contribution in [3.63, 3.8) is 0 Å². The van der Waals surface area contributed by atoms with Gasteiger partial charge in [-0.05, 0) is 25.7 Å². The minimum Gasteiger partial charge on any atom is -0.327 e. The van der Waals surface area contributed by atoms with Gasteiger partial charge in [0.2, 0.25) is 0 Å². The Bertz CT molecular complexity index is 205. The van der Waals surface area contributed by atoms with E-state index >= 15 is 0 Å². The lowest BCUT2D eigenvalue weighted by Gasteiger charge is -2.25. The van der Waals surface area contributed by atoms with E-state index in [0.29, 0.717) is 12.2 Å². The van der Waals surface area contributed by atoms with Gasteiger partial charge in [0.1, 0.15) is 0 Å². The number of rotatable bonds is 0. The maximum Gasteiger partial charge on any atom is 0.283 e. The average Bonchev–Trinajstić information content (AvgIpc) is 2.45. The summed E-state index contributed by atoms with van der Waals surface area (Å²) in [5, 5.41) is 0. The van der Waals surface area contributed by atoms with Crippen molar-refractivity contribution in [2.24, 2.45) is 0 Å². The van der Waals surface area contributed by atoms with Crippen LogP contribution in [0.15, 0.2) is 0 Å². The molecule has 2 heterocycles. The highest BCUT2D eigenvalue weighted by molar-refractivity contribution is 4.85. The van der Waals surface area contributed by atoms with Crippen LogP contribution in [0.4, 0.5) is 0 Å². The summed E-state index contributed by atoms with van der Waals surface area (Å²) in [5.41, 5.74) is 0. The van der Waals surface area contributed by atoms with Gasteiger partial charge >= 0.3 is 0 Å². The molecule has 0 aromatic rings. The normalized spacial score (nSPS) is 46.4. The summed E-state index contributed by atoms with van der Waals surface area (Å²) in [5.74, 6) is -0.657. The van der Waals surface area contributed by atoms with Crippen LogP contribution in [0.5, 0.6) is 0 Å². The van der Waals surface area contributed by atoms with Crippen LogP contribution in [0.3, 0.4) is 0 Å². The van der Waals surface area contributed by atoms with Gasteiger partial charge in [-0.2, -0.15) is 0 Å². The average molecular weight is 212 g/mol. The molecule has 3 rings (SSSR count). The smallest absolute Gasteiger partial charge is 0.283 e. The standard InChI is InChI=1S/C12H20O3/c1-4-8-12(13-9-5-1)14-10-6-2-3-7-11(10)15-12/h10-11H,1-9H2/t10-,11+,12?. The third-order valence-corrected chi connectivity index (χ3v) is 3.75. The van der Waals surface area contributed by atoms with Crippen LogP contribution in [0.1, 0.15) is 51.4 Å². The van der Waals surface area contributed by atoms with Crippen LogP contribution in [0.25, 0.3) is 0 Å². The molecule has 0 amide bonds. The van der Waals surface area contributed by atoms with Crippen LogP contribution in [-0.4, -0.2) is 24.8 Å². The zero-order chi connectivity index (χ0) is 10.1. The van der Waals surface area contributed by atoms with Gasteiger partial charge in [-0.1, -0.05) is 19.3 Å². The molecule has 1 unspecified atom stereocenters. The summed E-state index contributed by atoms with van der Waals surface area (Å²) < 4.78 is 17.9. The largest absolute Gasteiger partial charge is 0.327 e. The highest BCUT2D eigenvalue weighted by Crippen LogP contribution is 2.41. The van der Waals surface area contributed by atoms with Crippen LogP contribution in [0.2, 0.25) is 0 Å². The molecule has 86 valence electrons. The van der Waals surface area contributed by atoms with Crippen LogP contribution in [-0.2, 0) is 14.2 Å². The Kier molecular flexibility index (Phi) is 2.71. The summed E-state index contributed by atoms with van der Waals surface area (Å²) in [6, 6.07) is 0. The Balaban J connectivity index is 1.71. The Hall–Kier alpha value is -0.120. The first-order chi connectivity index (χ1) is 7.38. The fraction of sp³-hybridized carbons (Fsp3) is 1.00. The van der Waals surface area contributed by atoms with E-state index in [1.165, 1.54) is 25.7 Å². The molecule has 1 spiro atoms. The molecule has 0 radical (unpaired) electrons. The van der Waals surface area contributed by atoms with E-state index in [4.69, 9.17) is 14.2 Å². The van der Waals surface area contributed by atoms with Crippen molar-refractivity contribution in [2.75, 3.05) is 6.61 Å². The minimum atomic E-state index is -0.657. The molecule has 1 aliphatic carbocycles. The van der Waals surface area contributed by atoms with Crippen molar-refractivity contribution in [2.45, 2.75) is 69.5 Å². The third-order valence-electron chi connectivity index (χ3n) is 3.75. The molecular formula is C12H20O3. The topological polar surface area (TPSA) is 27.7 Å². The first kappa shape index (κ1) is 10.1. The molecule has 0 N–H and O–H groups in total.